The third-order valence-corrected chi connectivity index (χ3v) is 2.94. The number of ether oxygens (including phenoxy) is 1. The summed E-state index contributed by atoms with van der Waals surface area (Å²) in [4.78, 5) is 17.0. The molecule has 5 nitrogen and oxygen atoms in total. The maximum atomic E-state index is 10.9. The fourth-order valence-electron chi connectivity index (χ4n) is 2.14. The van der Waals surface area contributed by atoms with Crippen LogP contribution in [0.2, 0.25) is 0 Å². The van der Waals surface area contributed by atoms with Crippen molar-refractivity contribution in [2.24, 2.45) is 0 Å². The summed E-state index contributed by atoms with van der Waals surface area (Å²) in [5.74, 6) is -0.202. The molecule has 0 bridgehead atoms. The molecule has 2 heterocycles. The van der Waals surface area contributed by atoms with E-state index in [4.69, 9.17) is 10.5 Å². The zero-order chi connectivity index (χ0) is 12.3. The van der Waals surface area contributed by atoms with Gasteiger partial charge in [0.2, 0.25) is 0 Å². The van der Waals surface area contributed by atoms with Gasteiger partial charge in [0.15, 0.2) is 0 Å². The number of pyridine rings is 1. The average Bonchev–Trinajstić information content (AvgIpc) is 2.30. The van der Waals surface area contributed by atoms with Crippen molar-refractivity contribution in [2.45, 2.75) is 25.9 Å². The number of nitrogen functional groups attached to an aromatic ring is 1. The van der Waals surface area contributed by atoms with Crippen LogP contribution in [0.5, 0.6) is 0 Å². The molecule has 2 N–H and O–H groups in total. The molecule has 1 aliphatic rings. The summed E-state index contributed by atoms with van der Waals surface area (Å²) in [5.41, 5.74) is 7.59. The minimum absolute atomic E-state index is 0.0480. The number of carbonyl (C=O) groups excluding carboxylic acids is 1. The number of anilines is 2. The van der Waals surface area contributed by atoms with Gasteiger partial charge in [0.05, 0.1) is 17.6 Å². The monoisotopic (exact) mass is 235 g/mol. The predicted octanol–water partition coefficient (Wildman–Crippen LogP) is 1.20. The molecule has 1 fully saturated rings. The molecule has 92 valence electrons. The number of aromatic nitrogens is 1. The molecule has 0 radical (unpaired) electrons. The SMILES string of the molecule is CC(=O)OC1CCN(c2ccncc2N)CC1. The topological polar surface area (TPSA) is 68.5 Å². The minimum Gasteiger partial charge on any atom is -0.462 e. The quantitative estimate of drug-likeness (QED) is 0.780. The first kappa shape index (κ1) is 11.7. The normalized spacial score (nSPS) is 16.9. The molecule has 2 rings (SSSR count). The van der Waals surface area contributed by atoms with Gasteiger partial charge in [-0.2, -0.15) is 0 Å². The van der Waals surface area contributed by atoms with Crippen LogP contribution in [-0.2, 0) is 9.53 Å². The van der Waals surface area contributed by atoms with Gasteiger partial charge in [-0.05, 0) is 6.07 Å². The van der Waals surface area contributed by atoms with Crippen molar-refractivity contribution in [1.29, 1.82) is 0 Å². The van der Waals surface area contributed by atoms with Crippen molar-refractivity contribution in [3.05, 3.63) is 18.5 Å². The van der Waals surface area contributed by atoms with Crippen molar-refractivity contribution in [1.82, 2.24) is 4.98 Å². The van der Waals surface area contributed by atoms with E-state index in [2.05, 4.69) is 9.88 Å². The van der Waals surface area contributed by atoms with E-state index in [1.807, 2.05) is 6.07 Å². The summed E-state index contributed by atoms with van der Waals surface area (Å²) in [6.45, 7) is 3.16. The van der Waals surface area contributed by atoms with Gasteiger partial charge in [0.1, 0.15) is 6.10 Å². The molecule has 0 spiro atoms. The maximum absolute atomic E-state index is 10.9. The molecule has 0 aliphatic carbocycles. The van der Waals surface area contributed by atoms with E-state index in [0.29, 0.717) is 5.69 Å². The summed E-state index contributed by atoms with van der Waals surface area (Å²) < 4.78 is 5.20. The largest absolute Gasteiger partial charge is 0.462 e. The van der Waals surface area contributed by atoms with Gasteiger partial charge in [-0.15, -0.1) is 0 Å². The zero-order valence-corrected chi connectivity index (χ0v) is 9.93. The highest BCUT2D eigenvalue weighted by atomic mass is 16.5. The lowest BCUT2D eigenvalue weighted by atomic mass is 10.1. The number of hydrogen-bond donors (Lipinski definition) is 1. The van der Waals surface area contributed by atoms with Gasteiger partial charge in [0.25, 0.3) is 0 Å². The van der Waals surface area contributed by atoms with Crippen LogP contribution in [0.25, 0.3) is 0 Å². The van der Waals surface area contributed by atoms with E-state index in [-0.39, 0.29) is 12.1 Å². The number of piperidine rings is 1. The zero-order valence-electron chi connectivity index (χ0n) is 9.93. The Labute approximate surface area is 101 Å². The van der Waals surface area contributed by atoms with Crippen LogP contribution in [0.4, 0.5) is 11.4 Å². The van der Waals surface area contributed by atoms with Crippen LogP contribution in [0.15, 0.2) is 18.5 Å². The van der Waals surface area contributed by atoms with Crippen molar-refractivity contribution >= 4 is 17.3 Å². The smallest absolute Gasteiger partial charge is 0.302 e. The van der Waals surface area contributed by atoms with Gasteiger partial charge in [-0.3, -0.25) is 9.78 Å². The van der Waals surface area contributed by atoms with Gasteiger partial charge < -0.3 is 15.4 Å². The van der Waals surface area contributed by atoms with Crippen LogP contribution >= 0.6 is 0 Å². The van der Waals surface area contributed by atoms with Crippen LogP contribution in [0, 0.1) is 0 Å². The lowest BCUT2D eigenvalue weighted by Gasteiger charge is -2.33. The number of esters is 1. The average molecular weight is 235 g/mol. The second-order valence-electron chi connectivity index (χ2n) is 4.23. The van der Waals surface area contributed by atoms with Crippen LogP contribution in [-0.4, -0.2) is 30.1 Å². The van der Waals surface area contributed by atoms with Crippen molar-refractivity contribution in [3.8, 4) is 0 Å². The van der Waals surface area contributed by atoms with Gasteiger partial charge in [0, 0.05) is 39.1 Å². The van der Waals surface area contributed by atoms with E-state index in [1.165, 1.54) is 6.92 Å². The van der Waals surface area contributed by atoms with Crippen molar-refractivity contribution in [3.63, 3.8) is 0 Å². The molecule has 1 aliphatic heterocycles. The van der Waals surface area contributed by atoms with E-state index >= 15 is 0 Å². The lowest BCUT2D eigenvalue weighted by Crippen LogP contribution is -2.38. The standard InChI is InChI=1S/C12H17N3O2/c1-9(16)17-10-3-6-15(7-4-10)12-2-5-14-8-11(12)13/h2,5,8,10H,3-4,6-7,13H2,1H3. The summed E-state index contributed by atoms with van der Waals surface area (Å²) in [5, 5.41) is 0. The molecule has 0 amide bonds. The number of hydrogen-bond acceptors (Lipinski definition) is 5. The molecular formula is C12H17N3O2. The Kier molecular flexibility index (Phi) is 3.46. The maximum Gasteiger partial charge on any atom is 0.302 e. The number of nitrogens with two attached hydrogens (primary N) is 1. The molecule has 1 aromatic heterocycles. The fourth-order valence-corrected chi connectivity index (χ4v) is 2.14. The molecule has 1 saturated heterocycles. The highest BCUT2D eigenvalue weighted by Gasteiger charge is 2.22. The molecule has 17 heavy (non-hydrogen) atoms. The van der Waals surface area contributed by atoms with E-state index in [9.17, 15) is 4.79 Å². The fraction of sp³-hybridized carbons (Fsp3) is 0.500. The third kappa shape index (κ3) is 2.87. The van der Waals surface area contributed by atoms with Crippen LogP contribution < -0.4 is 10.6 Å². The van der Waals surface area contributed by atoms with Crippen molar-refractivity contribution < 1.29 is 9.53 Å². The Morgan fingerprint density at radius 1 is 1.53 bits per heavy atom. The first-order valence-electron chi connectivity index (χ1n) is 5.78. The third-order valence-electron chi connectivity index (χ3n) is 2.94. The molecule has 0 aromatic carbocycles. The van der Waals surface area contributed by atoms with Crippen LogP contribution in [0.1, 0.15) is 19.8 Å². The molecular weight excluding hydrogens is 218 g/mol. The highest BCUT2D eigenvalue weighted by molar-refractivity contribution is 5.67. The highest BCUT2D eigenvalue weighted by Crippen LogP contribution is 2.25. The first-order valence-corrected chi connectivity index (χ1v) is 5.78. The molecule has 1 aromatic rings. The Morgan fingerprint density at radius 3 is 2.82 bits per heavy atom. The lowest BCUT2D eigenvalue weighted by molar-refractivity contribution is -0.147. The van der Waals surface area contributed by atoms with E-state index in [0.717, 1.165) is 31.6 Å². The van der Waals surface area contributed by atoms with Gasteiger partial charge >= 0.3 is 5.97 Å². The van der Waals surface area contributed by atoms with Gasteiger partial charge in [-0.25, -0.2) is 0 Å². The summed E-state index contributed by atoms with van der Waals surface area (Å²) in [6, 6.07) is 1.92. The van der Waals surface area contributed by atoms with Crippen LogP contribution in [0.3, 0.4) is 0 Å². The molecule has 5 heteroatoms. The van der Waals surface area contributed by atoms with Crippen molar-refractivity contribution in [2.75, 3.05) is 23.7 Å². The second kappa shape index (κ2) is 5.03. The Morgan fingerprint density at radius 2 is 2.24 bits per heavy atom. The Balaban J connectivity index is 1.95. The number of carbonyl (C=O) groups is 1. The molecule has 0 unspecified atom stereocenters. The van der Waals surface area contributed by atoms with E-state index < -0.39 is 0 Å². The second-order valence-corrected chi connectivity index (χ2v) is 4.23. The molecule has 0 atom stereocenters. The molecule has 0 saturated carbocycles. The van der Waals surface area contributed by atoms with E-state index in [1.54, 1.807) is 12.4 Å². The predicted molar refractivity (Wildman–Crippen MR) is 65.7 cm³/mol. The van der Waals surface area contributed by atoms with Gasteiger partial charge in [-0.1, -0.05) is 0 Å². The Hall–Kier alpha value is -1.78. The summed E-state index contributed by atoms with van der Waals surface area (Å²) in [7, 11) is 0. The summed E-state index contributed by atoms with van der Waals surface area (Å²) >= 11 is 0. The first-order chi connectivity index (χ1) is 8.16. The summed E-state index contributed by atoms with van der Waals surface area (Å²) in [6.07, 6.45) is 5.15. The number of nitrogens with zero attached hydrogens (tertiary/aromatic N) is 2. The number of rotatable bonds is 2. The Bertz CT molecular complexity index is 400. The minimum atomic E-state index is -0.202.